The Balaban J connectivity index is 2.04. The standard InChI is InChI=1S/C15H11ClFNO/c16-10-5-3-6-11(17)15(10)13-8-14(19)9-4-1-2-7-12(9)18-13/h1-7,13,18H,8H2. The van der Waals surface area contributed by atoms with Crippen LogP contribution in [0.15, 0.2) is 42.5 Å². The summed E-state index contributed by atoms with van der Waals surface area (Å²) in [5.41, 5.74) is 1.72. The quantitative estimate of drug-likeness (QED) is 0.844. The molecule has 0 saturated heterocycles. The Kier molecular flexibility index (Phi) is 2.99. The van der Waals surface area contributed by atoms with Crippen molar-refractivity contribution in [1.29, 1.82) is 0 Å². The summed E-state index contributed by atoms with van der Waals surface area (Å²) in [4.78, 5) is 12.1. The molecule has 2 aromatic carbocycles. The van der Waals surface area contributed by atoms with E-state index in [1.807, 2.05) is 18.2 Å². The van der Waals surface area contributed by atoms with Crippen molar-refractivity contribution in [3.63, 3.8) is 0 Å². The Bertz CT molecular complexity index is 636. The highest BCUT2D eigenvalue weighted by Gasteiger charge is 2.28. The summed E-state index contributed by atoms with van der Waals surface area (Å²) in [6.07, 6.45) is 0.206. The van der Waals surface area contributed by atoms with Crippen LogP contribution in [0.3, 0.4) is 0 Å². The Hall–Kier alpha value is -1.87. The molecule has 1 atom stereocenters. The van der Waals surface area contributed by atoms with Crippen LogP contribution in [0.1, 0.15) is 28.4 Å². The molecule has 4 heteroatoms. The monoisotopic (exact) mass is 275 g/mol. The van der Waals surface area contributed by atoms with Crippen LogP contribution in [0.5, 0.6) is 0 Å². The molecule has 1 aliphatic rings. The van der Waals surface area contributed by atoms with Gasteiger partial charge in [0.15, 0.2) is 5.78 Å². The fourth-order valence-corrected chi connectivity index (χ4v) is 2.70. The Morgan fingerprint density at radius 1 is 1.16 bits per heavy atom. The van der Waals surface area contributed by atoms with Gasteiger partial charge in [0, 0.05) is 28.3 Å². The summed E-state index contributed by atoms with van der Waals surface area (Å²) in [6.45, 7) is 0. The van der Waals surface area contributed by atoms with Gasteiger partial charge in [-0.1, -0.05) is 29.8 Å². The highest BCUT2D eigenvalue weighted by atomic mass is 35.5. The van der Waals surface area contributed by atoms with Crippen molar-refractivity contribution in [3.8, 4) is 0 Å². The van der Waals surface area contributed by atoms with E-state index < -0.39 is 11.9 Å². The molecule has 0 amide bonds. The molecule has 0 radical (unpaired) electrons. The largest absolute Gasteiger partial charge is 0.377 e. The third kappa shape index (κ3) is 2.10. The van der Waals surface area contributed by atoms with Crippen molar-refractivity contribution in [2.45, 2.75) is 12.5 Å². The van der Waals surface area contributed by atoms with E-state index in [2.05, 4.69) is 5.32 Å². The summed E-state index contributed by atoms with van der Waals surface area (Å²) >= 11 is 6.05. The van der Waals surface area contributed by atoms with Crippen LogP contribution in [0, 0.1) is 5.82 Å². The van der Waals surface area contributed by atoms with Crippen molar-refractivity contribution in [2.24, 2.45) is 0 Å². The molecule has 0 spiro atoms. The van der Waals surface area contributed by atoms with Crippen molar-refractivity contribution in [3.05, 3.63) is 64.4 Å². The van der Waals surface area contributed by atoms with Gasteiger partial charge < -0.3 is 5.32 Å². The molecule has 0 aliphatic carbocycles. The predicted molar refractivity (Wildman–Crippen MR) is 73.2 cm³/mol. The number of nitrogens with one attached hydrogen (secondary N) is 1. The molecule has 3 rings (SSSR count). The molecule has 0 saturated carbocycles. The number of rotatable bonds is 1. The molecular formula is C15H11ClFNO. The fourth-order valence-electron chi connectivity index (χ4n) is 2.40. The SMILES string of the molecule is O=C1CC(c2c(F)cccc2Cl)Nc2ccccc21. The summed E-state index contributed by atoms with van der Waals surface area (Å²) in [7, 11) is 0. The van der Waals surface area contributed by atoms with Crippen molar-refractivity contribution in [1.82, 2.24) is 0 Å². The van der Waals surface area contributed by atoms with E-state index in [4.69, 9.17) is 11.6 Å². The minimum absolute atomic E-state index is 0.00123. The van der Waals surface area contributed by atoms with E-state index in [9.17, 15) is 9.18 Å². The first kappa shape index (κ1) is 12.2. The number of anilines is 1. The number of fused-ring (bicyclic) bond motifs is 1. The first-order valence-electron chi connectivity index (χ1n) is 5.99. The molecule has 2 nitrogen and oxygen atoms in total. The normalized spacial score (nSPS) is 17.8. The molecular weight excluding hydrogens is 265 g/mol. The maximum Gasteiger partial charge on any atom is 0.167 e. The highest BCUT2D eigenvalue weighted by molar-refractivity contribution is 6.31. The molecule has 0 bridgehead atoms. The second-order valence-corrected chi connectivity index (χ2v) is 4.91. The topological polar surface area (TPSA) is 29.1 Å². The van der Waals surface area contributed by atoms with Gasteiger partial charge in [0.25, 0.3) is 0 Å². The molecule has 1 unspecified atom stereocenters. The maximum atomic E-state index is 13.9. The number of hydrogen-bond donors (Lipinski definition) is 1. The number of para-hydroxylation sites is 1. The van der Waals surface area contributed by atoms with E-state index in [0.29, 0.717) is 16.1 Å². The third-order valence-corrected chi connectivity index (χ3v) is 3.62. The summed E-state index contributed by atoms with van der Waals surface area (Å²) in [5.74, 6) is -0.393. The second-order valence-electron chi connectivity index (χ2n) is 4.51. The Labute approximate surface area is 115 Å². The zero-order chi connectivity index (χ0) is 13.4. The molecule has 96 valence electrons. The lowest BCUT2D eigenvalue weighted by molar-refractivity contribution is 0.0972. The fraction of sp³-hybridized carbons (Fsp3) is 0.133. The van der Waals surface area contributed by atoms with Crippen LogP contribution >= 0.6 is 11.6 Å². The van der Waals surface area contributed by atoms with Gasteiger partial charge in [-0.15, -0.1) is 0 Å². The van der Waals surface area contributed by atoms with Gasteiger partial charge >= 0.3 is 0 Å². The first-order chi connectivity index (χ1) is 9.16. The smallest absolute Gasteiger partial charge is 0.167 e. The van der Waals surface area contributed by atoms with Crippen LogP contribution in [0.2, 0.25) is 5.02 Å². The zero-order valence-corrected chi connectivity index (χ0v) is 10.7. The van der Waals surface area contributed by atoms with Gasteiger partial charge in [0.05, 0.1) is 6.04 Å². The summed E-state index contributed by atoms with van der Waals surface area (Å²) in [5, 5.41) is 3.52. The third-order valence-electron chi connectivity index (χ3n) is 3.29. The highest BCUT2D eigenvalue weighted by Crippen LogP contribution is 2.36. The molecule has 1 aliphatic heterocycles. The van der Waals surface area contributed by atoms with Gasteiger partial charge in [-0.2, -0.15) is 0 Å². The zero-order valence-electron chi connectivity index (χ0n) is 9.99. The number of carbonyl (C=O) groups is 1. The molecule has 0 aromatic heterocycles. The first-order valence-corrected chi connectivity index (χ1v) is 6.37. The number of halogens is 2. The van der Waals surface area contributed by atoms with Crippen LogP contribution in [0.4, 0.5) is 10.1 Å². The van der Waals surface area contributed by atoms with Crippen molar-refractivity contribution < 1.29 is 9.18 Å². The van der Waals surface area contributed by atoms with E-state index >= 15 is 0 Å². The van der Waals surface area contributed by atoms with Crippen molar-refractivity contribution in [2.75, 3.05) is 5.32 Å². The van der Waals surface area contributed by atoms with Crippen LogP contribution in [-0.4, -0.2) is 5.78 Å². The molecule has 0 fully saturated rings. The van der Waals surface area contributed by atoms with E-state index in [1.165, 1.54) is 6.07 Å². The lowest BCUT2D eigenvalue weighted by Crippen LogP contribution is -2.23. The van der Waals surface area contributed by atoms with Gasteiger partial charge in [-0.25, -0.2) is 4.39 Å². The number of ketones is 1. The number of hydrogen-bond acceptors (Lipinski definition) is 2. The van der Waals surface area contributed by atoms with Gasteiger partial charge in [0.1, 0.15) is 5.82 Å². The Morgan fingerprint density at radius 3 is 2.74 bits per heavy atom. The number of carbonyl (C=O) groups excluding carboxylic acids is 1. The van der Waals surface area contributed by atoms with E-state index in [0.717, 1.165) is 5.69 Å². The summed E-state index contributed by atoms with van der Waals surface area (Å²) in [6, 6.07) is 11.4. The van der Waals surface area contributed by atoms with Crippen molar-refractivity contribution >= 4 is 23.1 Å². The average Bonchev–Trinajstić information content (AvgIpc) is 2.38. The number of Topliss-reactive ketones (excluding diaryl/α,β-unsaturated/α-hetero) is 1. The molecule has 1 N–H and O–H groups in total. The van der Waals surface area contributed by atoms with Gasteiger partial charge in [-0.05, 0) is 24.3 Å². The van der Waals surface area contributed by atoms with Gasteiger partial charge in [-0.3, -0.25) is 4.79 Å². The van der Waals surface area contributed by atoms with Crippen LogP contribution in [-0.2, 0) is 0 Å². The van der Waals surface area contributed by atoms with Crippen LogP contribution in [0.25, 0.3) is 0 Å². The van der Waals surface area contributed by atoms with E-state index in [1.54, 1.807) is 18.2 Å². The lowest BCUT2D eigenvalue weighted by atomic mass is 9.92. The predicted octanol–water partition coefficient (Wildman–Crippen LogP) is 4.22. The summed E-state index contributed by atoms with van der Waals surface area (Å²) < 4.78 is 13.9. The van der Waals surface area contributed by atoms with Gasteiger partial charge in [0.2, 0.25) is 0 Å². The minimum Gasteiger partial charge on any atom is -0.377 e. The van der Waals surface area contributed by atoms with Crippen LogP contribution < -0.4 is 5.32 Å². The lowest BCUT2D eigenvalue weighted by Gasteiger charge is -2.27. The second kappa shape index (κ2) is 4.67. The minimum atomic E-state index is -0.420. The molecule has 19 heavy (non-hydrogen) atoms. The average molecular weight is 276 g/mol. The maximum absolute atomic E-state index is 13.9. The number of benzene rings is 2. The van der Waals surface area contributed by atoms with E-state index in [-0.39, 0.29) is 12.2 Å². The molecule has 2 aromatic rings. The molecule has 1 heterocycles. The Morgan fingerprint density at radius 2 is 1.95 bits per heavy atom.